The highest BCUT2D eigenvalue weighted by Crippen LogP contribution is 2.27. The molecule has 12 heavy (non-hydrogen) atoms. The van der Waals surface area contributed by atoms with Gasteiger partial charge in [0.1, 0.15) is 0 Å². The molecule has 0 aromatic heterocycles. The summed E-state index contributed by atoms with van der Waals surface area (Å²) in [4.78, 5) is 11.3. The van der Waals surface area contributed by atoms with Crippen molar-refractivity contribution in [2.75, 3.05) is 6.54 Å². The van der Waals surface area contributed by atoms with E-state index in [-0.39, 0.29) is 5.91 Å². The number of amides is 1. The highest BCUT2D eigenvalue weighted by atomic mass is 16.1. The summed E-state index contributed by atoms with van der Waals surface area (Å²) in [5.74, 6) is 0.862. The van der Waals surface area contributed by atoms with Crippen LogP contribution < -0.4 is 5.32 Å². The van der Waals surface area contributed by atoms with Gasteiger partial charge in [-0.25, -0.2) is 0 Å². The second kappa shape index (κ2) is 3.74. The van der Waals surface area contributed by atoms with Crippen molar-refractivity contribution in [3.63, 3.8) is 0 Å². The van der Waals surface area contributed by atoms with Crippen LogP contribution in [0.25, 0.3) is 0 Å². The van der Waals surface area contributed by atoms with E-state index in [4.69, 9.17) is 0 Å². The monoisotopic (exact) mass is 167 g/mol. The van der Waals surface area contributed by atoms with Gasteiger partial charge in [0.2, 0.25) is 5.91 Å². The van der Waals surface area contributed by atoms with Crippen LogP contribution in [0, 0.1) is 5.92 Å². The fourth-order valence-corrected chi connectivity index (χ4v) is 0.919. The lowest BCUT2D eigenvalue weighted by molar-refractivity contribution is -0.117. The van der Waals surface area contributed by atoms with Crippen LogP contribution in [0.2, 0.25) is 0 Å². The molecule has 0 unspecified atom stereocenters. The second-order valence-corrected chi connectivity index (χ2v) is 3.78. The number of hydrogen-bond acceptors (Lipinski definition) is 1. The molecule has 2 nitrogen and oxygen atoms in total. The van der Waals surface area contributed by atoms with Gasteiger partial charge in [-0.2, -0.15) is 0 Å². The van der Waals surface area contributed by atoms with Gasteiger partial charge < -0.3 is 5.32 Å². The van der Waals surface area contributed by atoms with E-state index in [0.29, 0.717) is 0 Å². The van der Waals surface area contributed by atoms with Crippen LogP contribution in [0.4, 0.5) is 0 Å². The summed E-state index contributed by atoms with van der Waals surface area (Å²) in [5.41, 5.74) is 1.96. The number of allylic oxidation sites excluding steroid dienone is 1. The molecule has 1 saturated carbocycles. The zero-order chi connectivity index (χ0) is 9.14. The molecule has 1 aliphatic rings. The average molecular weight is 167 g/mol. The highest BCUT2D eigenvalue weighted by molar-refractivity contribution is 5.93. The molecule has 1 aliphatic carbocycles. The molecule has 0 aromatic rings. The third-order valence-corrected chi connectivity index (χ3v) is 2.34. The van der Waals surface area contributed by atoms with Crippen molar-refractivity contribution < 1.29 is 4.79 Å². The molecule has 0 atom stereocenters. The molecule has 0 aromatic carbocycles. The Bertz CT molecular complexity index is 210. The Morgan fingerprint density at radius 2 is 1.92 bits per heavy atom. The summed E-state index contributed by atoms with van der Waals surface area (Å²) in [5, 5.41) is 2.93. The van der Waals surface area contributed by atoms with Crippen molar-refractivity contribution in [1.82, 2.24) is 5.32 Å². The van der Waals surface area contributed by atoms with E-state index in [1.165, 1.54) is 12.8 Å². The Hall–Kier alpha value is -0.790. The lowest BCUT2D eigenvalue weighted by Gasteiger charge is -2.05. The van der Waals surface area contributed by atoms with Crippen LogP contribution in [0.15, 0.2) is 11.1 Å². The molecule has 1 rings (SSSR count). The number of rotatable bonds is 3. The lowest BCUT2D eigenvalue weighted by atomic mass is 10.1. The Morgan fingerprint density at radius 1 is 1.33 bits per heavy atom. The smallest absolute Gasteiger partial charge is 0.246 e. The summed E-state index contributed by atoms with van der Waals surface area (Å²) in [7, 11) is 0. The second-order valence-electron chi connectivity index (χ2n) is 3.78. The van der Waals surface area contributed by atoms with Crippen molar-refractivity contribution in [2.45, 2.75) is 33.6 Å². The zero-order valence-corrected chi connectivity index (χ0v) is 8.11. The minimum atomic E-state index is 0.0990. The normalized spacial score (nSPS) is 15.6. The topological polar surface area (TPSA) is 29.1 Å². The van der Waals surface area contributed by atoms with E-state index in [2.05, 4.69) is 5.32 Å². The number of nitrogens with one attached hydrogen (secondary N) is 1. The first-order chi connectivity index (χ1) is 5.61. The third-order valence-electron chi connectivity index (χ3n) is 2.34. The maximum Gasteiger partial charge on any atom is 0.246 e. The number of carbonyl (C=O) groups excluding carboxylic acids is 1. The molecular weight excluding hydrogens is 150 g/mol. The van der Waals surface area contributed by atoms with Gasteiger partial charge in [0.15, 0.2) is 0 Å². The van der Waals surface area contributed by atoms with E-state index in [0.717, 1.165) is 23.6 Å². The van der Waals surface area contributed by atoms with Gasteiger partial charge in [-0.1, -0.05) is 5.57 Å². The number of hydrogen-bond donors (Lipinski definition) is 1. The quantitative estimate of drug-likeness (QED) is 0.639. The van der Waals surface area contributed by atoms with Gasteiger partial charge in [0.25, 0.3) is 0 Å². The SMILES string of the molecule is CC(C)=C(C)C(=O)NCC1CC1. The predicted molar refractivity (Wildman–Crippen MR) is 49.8 cm³/mol. The number of carbonyl (C=O) groups is 1. The summed E-state index contributed by atoms with van der Waals surface area (Å²) < 4.78 is 0. The van der Waals surface area contributed by atoms with E-state index in [1.807, 2.05) is 20.8 Å². The average Bonchev–Trinajstić information content (AvgIpc) is 2.81. The summed E-state index contributed by atoms with van der Waals surface area (Å²) >= 11 is 0. The van der Waals surface area contributed by atoms with Crippen LogP contribution in [0.5, 0.6) is 0 Å². The lowest BCUT2D eigenvalue weighted by Crippen LogP contribution is -2.26. The first-order valence-electron chi connectivity index (χ1n) is 4.53. The van der Waals surface area contributed by atoms with E-state index < -0.39 is 0 Å². The Morgan fingerprint density at radius 3 is 2.33 bits per heavy atom. The van der Waals surface area contributed by atoms with Crippen LogP contribution in [-0.4, -0.2) is 12.5 Å². The molecule has 0 aliphatic heterocycles. The largest absolute Gasteiger partial charge is 0.352 e. The summed E-state index contributed by atoms with van der Waals surface area (Å²) in [6.45, 7) is 6.67. The van der Waals surface area contributed by atoms with Crippen molar-refractivity contribution in [2.24, 2.45) is 5.92 Å². The Balaban J connectivity index is 2.31. The molecule has 0 saturated heterocycles. The van der Waals surface area contributed by atoms with Gasteiger partial charge >= 0.3 is 0 Å². The van der Waals surface area contributed by atoms with Gasteiger partial charge in [0.05, 0.1) is 0 Å². The van der Waals surface area contributed by atoms with E-state index >= 15 is 0 Å². The van der Waals surface area contributed by atoms with Gasteiger partial charge in [-0.05, 0) is 39.5 Å². The first kappa shape index (κ1) is 9.30. The summed E-state index contributed by atoms with van der Waals surface area (Å²) in [6, 6.07) is 0. The molecule has 2 heteroatoms. The molecular formula is C10H17NO. The maximum absolute atomic E-state index is 11.3. The Kier molecular flexibility index (Phi) is 2.90. The summed E-state index contributed by atoms with van der Waals surface area (Å²) in [6.07, 6.45) is 2.57. The first-order valence-corrected chi connectivity index (χ1v) is 4.53. The third kappa shape index (κ3) is 2.68. The van der Waals surface area contributed by atoms with Crippen molar-refractivity contribution in [3.8, 4) is 0 Å². The minimum Gasteiger partial charge on any atom is -0.352 e. The zero-order valence-electron chi connectivity index (χ0n) is 8.11. The molecule has 1 fully saturated rings. The maximum atomic E-state index is 11.3. The Labute approximate surface area is 74.0 Å². The van der Waals surface area contributed by atoms with Crippen LogP contribution in [0.3, 0.4) is 0 Å². The molecule has 1 N–H and O–H groups in total. The van der Waals surface area contributed by atoms with Crippen molar-refractivity contribution in [3.05, 3.63) is 11.1 Å². The van der Waals surface area contributed by atoms with Crippen LogP contribution in [-0.2, 0) is 4.79 Å². The van der Waals surface area contributed by atoms with Crippen molar-refractivity contribution >= 4 is 5.91 Å². The fourth-order valence-electron chi connectivity index (χ4n) is 0.919. The molecule has 0 radical (unpaired) electrons. The molecule has 0 bridgehead atoms. The highest BCUT2D eigenvalue weighted by Gasteiger charge is 2.21. The molecule has 0 heterocycles. The van der Waals surface area contributed by atoms with Gasteiger partial charge in [-0.3, -0.25) is 4.79 Å². The van der Waals surface area contributed by atoms with Crippen molar-refractivity contribution in [1.29, 1.82) is 0 Å². The van der Waals surface area contributed by atoms with Gasteiger partial charge in [0, 0.05) is 12.1 Å². The molecule has 0 spiro atoms. The van der Waals surface area contributed by atoms with Crippen LogP contribution >= 0.6 is 0 Å². The van der Waals surface area contributed by atoms with Gasteiger partial charge in [-0.15, -0.1) is 0 Å². The predicted octanol–water partition coefficient (Wildman–Crippen LogP) is 1.87. The van der Waals surface area contributed by atoms with E-state index in [9.17, 15) is 4.79 Å². The standard InChI is InChI=1S/C10H17NO/c1-7(2)8(3)10(12)11-6-9-4-5-9/h9H,4-6H2,1-3H3,(H,11,12). The minimum absolute atomic E-state index is 0.0990. The fraction of sp³-hybridized carbons (Fsp3) is 0.700. The van der Waals surface area contributed by atoms with Crippen LogP contribution in [0.1, 0.15) is 33.6 Å². The molecule has 68 valence electrons. The molecule has 1 amide bonds. The van der Waals surface area contributed by atoms with E-state index in [1.54, 1.807) is 0 Å².